The van der Waals surface area contributed by atoms with Crippen LogP contribution in [0.5, 0.6) is 5.75 Å². The van der Waals surface area contributed by atoms with Gasteiger partial charge in [-0.25, -0.2) is 4.79 Å². The number of ether oxygens (including phenoxy) is 1. The van der Waals surface area contributed by atoms with Crippen LogP contribution < -0.4 is 15.4 Å². The zero-order chi connectivity index (χ0) is 19.1. The molecular formula is C22H29N3O2. The number of carbonyl (C=O) groups is 1. The number of hydrogen-bond acceptors (Lipinski definition) is 3. The van der Waals surface area contributed by atoms with Crippen molar-refractivity contribution in [1.29, 1.82) is 0 Å². The fourth-order valence-electron chi connectivity index (χ4n) is 3.32. The maximum Gasteiger partial charge on any atom is 0.315 e. The summed E-state index contributed by atoms with van der Waals surface area (Å²) in [5.74, 6) is 0.829. The van der Waals surface area contributed by atoms with E-state index in [0.717, 1.165) is 37.4 Å². The number of urea groups is 1. The highest BCUT2D eigenvalue weighted by molar-refractivity contribution is 5.73. The molecule has 5 nitrogen and oxygen atoms in total. The van der Waals surface area contributed by atoms with Crippen LogP contribution >= 0.6 is 0 Å². The molecule has 0 bridgehead atoms. The van der Waals surface area contributed by atoms with Gasteiger partial charge in [0.05, 0.1) is 6.10 Å². The smallest absolute Gasteiger partial charge is 0.315 e. The topological polar surface area (TPSA) is 53.6 Å². The number of fused-ring (bicyclic) bond motifs is 1. The first-order chi connectivity index (χ1) is 13.1. The van der Waals surface area contributed by atoms with E-state index >= 15 is 0 Å². The lowest BCUT2D eigenvalue weighted by molar-refractivity contribution is 0.230. The van der Waals surface area contributed by atoms with Crippen molar-refractivity contribution in [2.75, 3.05) is 19.6 Å². The van der Waals surface area contributed by atoms with Crippen molar-refractivity contribution in [3.63, 3.8) is 0 Å². The van der Waals surface area contributed by atoms with Gasteiger partial charge in [0.1, 0.15) is 5.75 Å². The Morgan fingerprint density at radius 2 is 1.93 bits per heavy atom. The summed E-state index contributed by atoms with van der Waals surface area (Å²) in [4.78, 5) is 14.4. The Bertz CT molecular complexity index is 761. The maximum atomic E-state index is 12.0. The Kier molecular flexibility index (Phi) is 6.71. The SMILES string of the molecule is CC(C)Oc1cccc(CNC(=O)NCCN2CCc3ccccc3C2)c1. The van der Waals surface area contributed by atoms with Crippen molar-refractivity contribution in [2.45, 2.75) is 39.5 Å². The van der Waals surface area contributed by atoms with Gasteiger partial charge in [-0.1, -0.05) is 36.4 Å². The molecule has 5 heteroatoms. The monoisotopic (exact) mass is 367 g/mol. The summed E-state index contributed by atoms with van der Waals surface area (Å²) < 4.78 is 5.68. The average molecular weight is 367 g/mol. The van der Waals surface area contributed by atoms with Crippen molar-refractivity contribution in [3.05, 3.63) is 65.2 Å². The van der Waals surface area contributed by atoms with Crippen molar-refractivity contribution >= 4 is 6.03 Å². The molecule has 2 amide bonds. The Morgan fingerprint density at radius 1 is 1.11 bits per heavy atom. The third-order valence-corrected chi connectivity index (χ3v) is 4.65. The van der Waals surface area contributed by atoms with E-state index in [1.54, 1.807) is 0 Å². The summed E-state index contributed by atoms with van der Waals surface area (Å²) in [6.07, 6.45) is 1.22. The Labute approximate surface area is 161 Å². The number of hydrogen-bond donors (Lipinski definition) is 2. The standard InChI is InChI=1S/C22H29N3O2/c1-17(2)27-21-9-5-6-18(14-21)15-24-22(26)23-11-13-25-12-10-19-7-3-4-8-20(19)16-25/h3-9,14,17H,10-13,15-16H2,1-2H3,(H2,23,24,26). The van der Waals surface area contributed by atoms with Gasteiger partial charge in [0.2, 0.25) is 0 Å². The van der Waals surface area contributed by atoms with Crippen molar-refractivity contribution in [3.8, 4) is 5.75 Å². The fraction of sp³-hybridized carbons (Fsp3) is 0.409. The number of rotatable bonds is 7. The van der Waals surface area contributed by atoms with Crippen LogP contribution in [0.2, 0.25) is 0 Å². The van der Waals surface area contributed by atoms with Gasteiger partial charge in [-0.3, -0.25) is 4.90 Å². The number of amides is 2. The fourth-order valence-corrected chi connectivity index (χ4v) is 3.32. The lowest BCUT2D eigenvalue weighted by atomic mass is 10.00. The van der Waals surface area contributed by atoms with Crippen molar-refractivity contribution in [1.82, 2.24) is 15.5 Å². The second-order valence-corrected chi connectivity index (χ2v) is 7.22. The maximum absolute atomic E-state index is 12.0. The van der Waals surface area contributed by atoms with Gasteiger partial charge in [0.15, 0.2) is 0 Å². The lowest BCUT2D eigenvalue weighted by Gasteiger charge is -2.28. The highest BCUT2D eigenvalue weighted by atomic mass is 16.5. The quantitative estimate of drug-likeness (QED) is 0.789. The van der Waals surface area contributed by atoms with Crippen molar-refractivity contribution < 1.29 is 9.53 Å². The molecule has 0 saturated heterocycles. The molecule has 1 heterocycles. The number of carbonyl (C=O) groups excluding carboxylic acids is 1. The molecule has 0 aromatic heterocycles. The molecule has 0 radical (unpaired) electrons. The van der Waals surface area contributed by atoms with E-state index in [-0.39, 0.29) is 12.1 Å². The van der Waals surface area contributed by atoms with Gasteiger partial charge >= 0.3 is 6.03 Å². The van der Waals surface area contributed by atoms with E-state index in [2.05, 4.69) is 39.8 Å². The van der Waals surface area contributed by atoms with Crippen LogP contribution in [0.4, 0.5) is 4.79 Å². The average Bonchev–Trinajstić information content (AvgIpc) is 2.66. The van der Waals surface area contributed by atoms with Crippen LogP contribution in [0, 0.1) is 0 Å². The number of benzene rings is 2. The zero-order valence-corrected chi connectivity index (χ0v) is 16.2. The molecule has 2 aromatic rings. The van der Waals surface area contributed by atoms with Gasteiger partial charge in [0, 0.05) is 32.7 Å². The molecular weight excluding hydrogens is 338 g/mol. The summed E-state index contributed by atoms with van der Waals surface area (Å²) >= 11 is 0. The van der Waals surface area contributed by atoms with Gasteiger partial charge in [-0.05, 0) is 49.1 Å². The molecule has 0 fully saturated rings. The second-order valence-electron chi connectivity index (χ2n) is 7.22. The molecule has 0 aliphatic carbocycles. The van der Waals surface area contributed by atoms with Gasteiger partial charge in [-0.2, -0.15) is 0 Å². The lowest BCUT2D eigenvalue weighted by Crippen LogP contribution is -2.41. The molecule has 144 valence electrons. The van der Waals surface area contributed by atoms with Crippen LogP contribution in [0.25, 0.3) is 0 Å². The normalized spacial score (nSPS) is 13.9. The first-order valence-electron chi connectivity index (χ1n) is 9.66. The third-order valence-electron chi connectivity index (χ3n) is 4.65. The van der Waals surface area contributed by atoms with E-state index in [9.17, 15) is 4.79 Å². The van der Waals surface area contributed by atoms with E-state index in [1.165, 1.54) is 11.1 Å². The highest BCUT2D eigenvalue weighted by Gasteiger charge is 2.15. The number of nitrogens with zero attached hydrogens (tertiary/aromatic N) is 1. The van der Waals surface area contributed by atoms with Crippen LogP contribution in [-0.4, -0.2) is 36.7 Å². The molecule has 2 aromatic carbocycles. The molecule has 0 unspecified atom stereocenters. The molecule has 1 aliphatic heterocycles. The minimum absolute atomic E-state index is 0.136. The Hall–Kier alpha value is -2.53. The first kappa shape index (κ1) is 19.2. The van der Waals surface area contributed by atoms with E-state index in [4.69, 9.17) is 4.74 Å². The molecule has 27 heavy (non-hydrogen) atoms. The van der Waals surface area contributed by atoms with Crippen LogP contribution in [0.1, 0.15) is 30.5 Å². The minimum Gasteiger partial charge on any atom is -0.491 e. The summed E-state index contributed by atoms with van der Waals surface area (Å²) in [7, 11) is 0. The predicted octanol–water partition coefficient (Wildman–Crippen LogP) is 3.33. The highest BCUT2D eigenvalue weighted by Crippen LogP contribution is 2.18. The predicted molar refractivity (Wildman–Crippen MR) is 108 cm³/mol. The summed E-state index contributed by atoms with van der Waals surface area (Å²) in [5.41, 5.74) is 3.87. The van der Waals surface area contributed by atoms with Gasteiger partial charge in [0.25, 0.3) is 0 Å². The Balaban J connectivity index is 1.37. The molecule has 1 aliphatic rings. The van der Waals surface area contributed by atoms with E-state index < -0.39 is 0 Å². The largest absolute Gasteiger partial charge is 0.491 e. The van der Waals surface area contributed by atoms with Crippen molar-refractivity contribution in [2.24, 2.45) is 0 Å². The molecule has 0 saturated carbocycles. The van der Waals surface area contributed by atoms with Crippen LogP contribution in [0.15, 0.2) is 48.5 Å². The van der Waals surface area contributed by atoms with Gasteiger partial charge < -0.3 is 15.4 Å². The zero-order valence-electron chi connectivity index (χ0n) is 16.2. The van der Waals surface area contributed by atoms with E-state index in [0.29, 0.717) is 13.1 Å². The van der Waals surface area contributed by atoms with Gasteiger partial charge in [-0.15, -0.1) is 0 Å². The molecule has 0 atom stereocenters. The van der Waals surface area contributed by atoms with Crippen LogP contribution in [0.3, 0.4) is 0 Å². The molecule has 0 spiro atoms. The minimum atomic E-state index is -0.136. The number of nitrogens with one attached hydrogen (secondary N) is 2. The Morgan fingerprint density at radius 3 is 2.74 bits per heavy atom. The summed E-state index contributed by atoms with van der Waals surface area (Å²) in [6.45, 7) is 7.99. The van der Waals surface area contributed by atoms with E-state index in [1.807, 2.05) is 38.1 Å². The summed E-state index contributed by atoms with van der Waals surface area (Å²) in [5, 5.41) is 5.86. The second kappa shape index (κ2) is 9.42. The first-order valence-corrected chi connectivity index (χ1v) is 9.66. The third kappa shape index (κ3) is 6.00. The molecule has 2 N–H and O–H groups in total. The van der Waals surface area contributed by atoms with Crippen LogP contribution in [-0.2, 0) is 19.5 Å². The molecule has 3 rings (SSSR count). The summed E-state index contributed by atoms with van der Waals surface area (Å²) in [6, 6.07) is 16.3.